The van der Waals surface area contributed by atoms with Crippen molar-refractivity contribution >= 4 is 17.9 Å². The summed E-state index contributed by atoms with van der Waals surface area (Å²) in [6.45, 7) is 4.91. The summed E-state index contributed by atoms with van der Waals surface area (Å²) in [6, 6.07) is 0. The van der Waals surface area contributed by atoms with Gasteiger partial charge in [0.05, 0.1) is 39.0 Å². The number of carboxylic acid groups (broad SMARTS) is 3. The van der Waals surface area contributed by atoms with Crippen LogP contribution in [0.5, 0.6) is 0 Å². The van der Waals surface area contributed by atoms with Gasteiger partial charge in [-0.15, -0.1) is 0 Å². The minimum atomic E-state index is -1.08. The van der Waals surface area contributed by atoms with Crippen molar-refractivity contribution in [2.24, 2.45) is 0 Å². The van der Waals surface area contributed by atoms with Gasteiger partial charge in [0.25, 0.3) is 0 Å². The van der Waals surface area contributed by atoms with Crippen molar-refractivity contribution in [1.29, 1.82) is 0 Å². The van der Waals surface area contributed by atoms with Crippen LogP contribution in [0.15, 0.2) is 12.2 Å². The summed E-state index contributed by atoms with van der Waals surface area (Å²) in [5, 5.41) is 28.8. The number of unbranched alkanes of at least 4 members (excludes halogenated alkanes) is 6. The molecule has 0 saturated heterocycles. The third-order valence-corrected chi connectivity index (χ3v) is 5.70. The molecule has 7 heteroatoms. The highest BCUT2D eigenvalue weighted by atomic mass is 16.4. The zero-order valence-corrected chi connectivity index (χ0v) is 19.4. The summed E-state index contributed by atoms with van der Waals surface area (Å²) >= 11 is 0. The monoisotopic (exact) mass is 441 g/mol. The smallest absolute Gasteiger partial charge is 0.303 e. The highest BCUT2D eigenvalue weighted by Crippen LogP contribution is 2.18. The number of rotatable bonds is 22. The molecule has 31 heavy (non-hydrogen) atoms. The Kier molecular flexibility index (Phi) is 17.7. The van der Waals surface area contributed by atoms with E-state index in [4.69, 9.17) is 10.2 Å². The maximum Gasteiger partial charge on any atom is 0.303 e. The molecule has 7 nitrogen and oxygen atoms in total. The summed E-state index contributed by atoms with van der Waals surface area (Å²) in [5.41, 5.74) is 0. The molecule has 0 atom stereocenters. The van der Waals surface area contributed by atoms with E-state index in [2.05, 4.69) is 19.1 Å². The van der Waals surface area contributed by atoms with Gasteiger partial charge in [0.2, 0.25) is 0 Å². The van der Waals surface area contributed by atoms with Crippen LogP contribution in [0.2, 0.25) is 0 Å². The molecule has 0 aromatic carbocycles. The van der Waals surface area contributed by atoms with E-state index in [1.807, 2.05) is 0 Å². The summed E-state index contributed by atoms with van der Waals surface area (Å²) in [6.07, 6.45) is 15.1. The highest BCUT2D eigenvalue weighted by Gasteiger charge is 2.26. The van der Waals surface area contributed by atoms with Gasteiger partial charge in [-0.2, -0.15) is 0 Å². The maximum atomic E-state index is 11.0. The van der Waals surface area contributed by atoms with Gasteiger partial charge < -0.3 is 24.6 Å². The Morgan fingerprint density at radius 1 is 0.677 bits per heavy atom. The van der Waals surface area contributed by atoms with Crippen LogP contribution < -0.4 is 5.11 Å². The number of hydrogen-bond acceptors (Lipinski definition) is 4. The fourth-order valence-corrected chi connectivity index (χ4v) is 4.00. The Morgan fingerprint density at radius 3 is 1.58 bits per heavy atom. The number of quaternary nitrogens is 1. The van der Waals surface area contributed by atoms with Gasteiger partial charge in [0.1, 0.15) is 0 Å². The fourth-order valence-electron chi connectivity index (χ4n) is 4.00. The second-order valence-electron chi connectivity index (χ2n) is 8.52. The topological polar surface area (TPSA) is 115 Å². The first-order valence-corrected chi connectivity index (χ1v) is 11.9. The van der Waals surface area contributed by atoms with Crippen molar-refractivity contribution < 1.29 is 34.2 Å². The Balaban J connectivity index is 4.70. The first-order chi connectivity index (χ1) is 14.8. The molecule has 0 aliphatic rings. The average molecular weight is 442 g/mol. The third-order valence-electron chi connectivity index (χ3n) is 5.70. The first-order valence-electron chi connectivity index (χ1n) is 11.9. The van der Waals surface area contributed by atoms with Crippen molar-refractivity contribution in [3.05, 3.63) is 12.2 Å². The molecule has 180 valence electrons. The molecule has 0 amide bonds. The maximum absolute atomic E-state index is 11.0. The zero-order valence-electron chi connectivity index (χ0n) is 19.4. The molecule has 0 spiro atoms. The van der Waals surface area contributed by atoms with Crippen molar-refractivity contribution in [2.45, 2.75) is 96.8 Å². The van der Waals surface area contributed by atoms with Gasteiger partial charge in [-0.05, 0) is 44.9 Å². The largest absolute Gasteiger partial charge is 0.550 e. The molecule has 0 aromatic heterocycles. The van der Waals surface area contributed by atoms with Crippen molar-refractivity contribution in [3.63, 3.8) is 0 Å². The minimum absolute atomic E-state index is 0.0271. The van der Waals surface area contributed by atoms with Gasteiger partial charge in [0.15, 0.2) is 0 Å². The van der Waals surface area contributed by atoms with E-state index < -0.39 is 17.9 Å². The van der Waals surface area contributed by atoms with Gasteiger partial charge in [-0.1, -0.05) is 31.9 Å². The molecule has 0 aliphatic carbocycles. The van der Waals surface area contributed by atoms with E-state index in [9.17, 15) is 19.5 Å². The van der Waals surface area contributed by atoms with Crippen LogP contribution in [0.1, 0.15) is 96.8 Å². The van der Waals surface area contributed by atoms with E-state index in [1.165, 1.54) is 19.3 Å². The molecule has 0 unspecified atom stereocenters. The van der Waals surface area contributed by atoms with Crippen molar-refractivity contribution in [1.82, 2.24) is 0 Å². The van der Waals surface area contributed by atoms with E-state index in [-0.39, 0.29) is 19.3 Å². The van der Waals surface area contributed by atoms with Crippen molar-refractivity contribution in [2.75, 3.05) is 26.2 Å². The molecule has 0 bridgehead atoms. The molecule has 0 fully saturated rings. The van der Waals surface area contributed by atoms with Gasteiger partial charge in [-0.3, -0.25) is 9.59 Å². The van der Waals surface area contributed by atoms with Crippen LogP contribution in [-0.4, -0.2) is 58.8 Å². The Morgan fingerprint density at radius 2 is 1.13 bits per heavy atom. The van der Waals surface area contributed by atoms with E-state index in [0.29, 0.717) is 43.4 Å². The lowest BCUT2D eigenvalue weighted by molar-refractivity contribution is -0.929. The summed E-state index contributed by atoms with van der Waals surface area (Å²) in [7, 11) is 0. The number of allylic oxidation sites excluding steroid dienone is 2. The number of carbonyl (C=O) groups excluding carboxylic acids is 1. The predicted octanol–water partition coefficient (Wildman–Crippen LogP) is 3.76. The number of carbonyl (C=O) groups is 3. The third kappa shape index (κ3) is 18.6. The molecular weight excluding hydrogens is 398 g/mol. The van der Waals surface area contributed by atoms with Crippen molar-refractivity contribution in [3.8, 4) is 0 Å². The van der Waals surface area contributed by atoms with Gasteiger partial charge in [-0.25, -0.2) is 0 Å². The van der Waals surface area contributed by atoms with Crippen LogP contribution in [0.25, 0.3) is 0 Å². The van der Waals surface area contributed by atoms with Crippen LogP contribution in [0, 0.1) is 0 Å². The molecule has 2 N–H and O–H groups in total. The van der Waals surface area contributed by atoms with E-state index >= 15 is 0 Å². The Bertz CT molecular complexity index is 482. The Hall–Kier alpha value is -1.89. The standard InChI is InChI=1S/C24H43NO6/c1-2-3-4-5-6-7-8-9-10-11-18-25(19-12-15-22(26)27,20-13-16-23(28)29)21-14-17-24(30)31/h6-7H,2-5,8-21H2,1H3,(H2-,26,27,28,29,30,31)/b7-6+. The number of carboxylic acids is 3. The second-order valence-corrected chi connectivity index (χ2v) is 8.52. The molecule has 0 heterocycles. The first kappa shape index (κ1) is 29.1. The molecule has 0 aromatic rings. The lowest BCUT2D eigenvalue weighted by Gasteiger charge is -2.39. The molecule has 0 rings (SSSR count). The lowest BCUT2D eigenvalue weighted by atomic mass is 10.1. The zero-order chi connectivity index (χ0) is 23.4. The highest BCUT2D eigenvalue weighted by molar-refractivity contribution is 5.66. The quantitative estimate of drug-likeness (QED) is 0.150. The molecule has 0 saturated carbocycles. The molecule has 0 radical (unpaired) electrons. The van der Waals surface area contributed by atoms with Gasteiger partial charge >= 0.3 is 11.9 Å². The number of hydrogen-bond donors (Lipinski definition) is 2. The van der Waals surface area contributed by atoms with E-state index in [1.54, 1.807) is 0 Å². The Labute approximate surface area is 187 Å². The number of aliphatic carboxylic acids is 3. The molecule has 0 aliphatic heterocycles. The van der Waals surface area contributed by atoms with Crippen LogP contribution >= 0.6 is 0 Å². The van der Waals surface area contributed by atoms with Gasteiger partial charge in [0, 0.05) is 25.2 Å². The lowest BCUT2D eigenvalue weighted by Crippen LogP contribution is -2.51. The predicted molar refractivity (Wildman–Crippen MR) is 119 cm³/mol. The summed E-state index contributed by atoms with van der Waals surface area (Å²) in [4.78, 5) is 32.8. The summed E-state index contributed by atoms with van der Waals surface area (Å²) < 4.78 is 0.598. The fraction of sp³-hybridized carbons (Fsp3) is 0.792. The van der Waals surface area contributed by atoms with Crippen LogP contribution in [0.3, 0.4) is 0 Å². The van der Waals surface area contributed by atoms with E-state index in [0.717, 1.165) is 38.6 Å². The van der Waals surface area contributed by atoms with Crippen LogP contribution in [0.4, 0.5) is 0 Å². The normalized spacial score (nSPS) is 11.8. The minimum Gasteiger partial charge on any atom is -0.550 e. The SMILES string of the molecule is CCCCC/C=C/CCCCC[N+](CCCC(=O)[O-])(CCCC(=O)O)CCCC(=O)O. The second kappa shape index (κ2) is 18.8. The number of nitrogens with zero attached hydrogens (tertiary/aromatic N) is 1. The molecular formula is C24H43NO6. The van der Waals surface area contributed by atoms with Crippen LogP contribution in [-0.2, 0) is 14.4 Å². The summed E-state index contributed by atoms with van der Waals surface area (Å²) in [5.74, 6) is -2.77. The average Bonchev–Trinajstić information content (AvgIpc) is 2.68.